The van der Waals surface area contributed by atoms with E-state index in [1.807, 2.05) is 0 Å². The van der Waals surface area contributed by atoms with Gasteiger partial charge in [-0.1, -0.05) is 45.2 Å². The van der Waals surface area contributed by atoms with Crippen LogP contribution in [0.3, 0.4) is 0 Å². The van der Waals surface area contributed by atoms with Crippen molar-refractivity contribution in [3.05, 3.63) is 91.9 Å². The fraction of sp³-hybridized carbons (Fsp3) is 0.0476. The summed E-state index contributed by atoms with van der Waals surface area (Å²) in [5, 5.41) is 14.7. The highest BCUT2D eigenvalue weighted by molar-refractivity contribution is 9.10. The standard InChI is InChI=1S/C21H15BrCl2N2O3/c22-16-4-8-20(27)15(9-16)11-25-26-21(28)13-2-6-18(7-3-13)29-12-14-1-5-17(23)10-19(14)24/h1-11,27H,12H2,(H,26,28)/b25-11+. The maximum absolute atomic E-state index is 12.2. The Bertz CT molecular complexity index is 1060. The Hall–Kier alpha value is -2.54. The lowest BCUT2D eigenvalue weighted by atomic mass is 10.2. The summed E-state index contributed by atoms with van der Waals surface area (Å²) in [7, 11) is 0. The SMILES string of the molecule is O=C(N/N=C/c1cc(Br)ccc1O)c1ccc(OCc2ccc(Cl)cc2Cl)cc1. The largest absolute Gasteiger partial charge is 0.507 e. The first kappa shape index (κ1) is 21.2. The lowest BCUT2D eigenvalue weighted by Gasteiger charge is -2.08. The Morgan fingerprint density at radius 2 is 1.86 bits per heavy atom. The van der Waals surface area contributed by atoms with Crippen LogP contribution in [0.15, 0.2) is 70.2 Å². The van der Waals surface area contributed by atoms with E-state index in [2.05, 4.69) is 26.5 Å². The number of benzene rings is 3. The number of halogens is 3. The summed E-state index contributed by atoms with van der Waals surface area (Å²) in [6.07, 6.45) is 1.37. The van der Waals surface area contributed by atoms with Crippen LogP contribution in [0.2, 0.25) is 10.0 Å². The van der Waals surface area contributed by atoms with E-state index in [0.29, 0.717) is 26.9 Å². The van der Waals surface area contributed by atoms with Gasteiger partial charge in [0.25, 0.3) is 5.91 Å². The van der Waals surface area contributed by atoms with Gasteiger partial charge in [0, 0.05) is 31.2 Å². The molecule has 0 heterocycles. The minimum Gasteiger partial charge on any atom is -0.507 e. The van der Waals surface area contributed by atoms with Crippen LogP contribution in [0.25, 0.3) is 0 Å². The van der Waals surface area contributed by atoms with Crippen molar-refractivity contribution in [2.24, 2.45) is 5.10 Å². The number of hydrogen-bond donors (Lipinski definition) is 2. The van der Waals surface area contributed by atoms with E-state index in [4.69, 9.17) is 27.9 Å². The molecule has 0 saturated heterocycles. The molecule has 0 aliphatic heterocycles. The highest BCUT2D eigenvalue weighted by atomic mass is 79.9. The second-order valence-electron chi connectivity index (χ2n) is 5.95. The van der Waals surface area contributed by atoms with E-state index in [9.17, 15) is 9.90 Å². The van der Waals surface area contributed by atoms with Crippen molar-refractivity contribution in [1.82, 2.24) is 5.43 Å². The molecule has 1 amide bonds. The number of hydrazone groups is 1. The first-order valence-corrected chi connectivity index (χ1v) is 9.96. The van der Waals surface area contributed by atoms with Crippen LogP contribution in [0.1, 0.15) is 21.5 Å². The van der Waals surface area contributed by atoms with Gasteiger partial charge in [0.05, 0.1) is 6.21 Å². The number of carbonyl (C=O) groups excluding carboxylic acids is 1. The molecule has 29 heavy (non-hydrogen) atoms. The fourth-order valence-electron chi connectivity index (χ4n) is 2.36. The molecule has 3 rings (SSSR count). The first-order valence-electron chi connectivity index (χ1n) is 8.41. The monoisotopic (exact) mass is 492 g/mol. The second-order valence-corrected chi connectivity index (χ2v) is 7.71. The third-order valence-corrected chi connectivity index (χ3v) is 4.97. The Morgan fingerprint density at radius 1 is 1.10 bits per heavy atom. The summed E-state index contributed by atoms with van der Waals surface area (Å²) >= 11 is 15.3. The van der Waals surface area contributed by atoms with Crippen LogP contribution in [0, 0.1) is 0 Å². The molecule has 0 spiro atoms. The van der Waals surface area contributed by atoms with Crippen molar-refractivity contribution in [3.8, 4) is 11.5 Å². The summed E-state index contributed by atoms with van der Waals surface area (Å²) in [4.78, 5) is 12.2. The van der Waals surface area contributed by atoms with Crippen molar-refractivity contribution < 1.29 is 14.6 Å². The summed E-state index contributed by atoms with van der Waals surface area (Å²) < 4.78 is 6.48. The van der Waals surface area contributed by atoms with Gasteiger partial charge in [-0.05, 0) is 54.6 Å². The van der Waals surface area contributed by atoms with Crippen LogP contribution >= 0.6 is 39.1 Å². The van der Waals surface area contributed by atoms with Gasteiger partial charge in [-0.2, -0.15) is 5.10 Å². The van der Waals surface area contributed by atoms with Crippen molar-refractivity contribution in [3.63, 3.8) is 0 Å². The Kier molecular flexibility index (Phi) is 7.14. The average Bonchev–Trinajstić information content (AvgIpc) is 2.70. The molecule has 3 aromatic rings. The van der Waals surface area contributed by atoms with Crippen LogP contribution < -0.4 is 10.2 Å². The van der Waals surface area contributed by atoms with Gasteiger partial charge in [0.2, 0.25) is 0 Å². The van der Waals surface area contributed by atoms with E-state index in [0.717, 1.165) is 10.0 Å². The number of nitrogens with one attached hydrogen (secondary N) is 1. The number of aromatic hydroxyl groups is 1. The highest BCUT2D eigenvalue weighted by Crippen LogP contribution is 2.23. The van der Waals surface area contributed by atoms with Gasteiger partial charge in [-0.25, -0.2) is 5.43 Å². The molecule has 0 saturated carbocycles. The molecule has 0 bridgehead atoms. The predicted octanol–water partition coefficient (Wildman–Crippen LogP) is 5.80. The summed E-state index contributed by atoms with van der Waals surface area (Å²) in [6, 6.07) is 16.7. The number of phenols is 1. The van der Waals surface area contributed by atoms with Gasteiger partial charge in [-0.15, -0.1) is 0 Å². The summed E-state index contributed by atoms with van der Waals surface area (Å²) in [5.41, 5.74) is 4.12. The lowest BCUT2D eigenvalue weighted by Crippen LogP contribution is -2.17. The molecule has 148 valence electrons. The Labute approximate surface area is 186 Å². The molecule has 0 aliphatic rings. The number of carbonyl (C=O) groups is 1. The molecule has 0 atom stereocenters. The van der Waals surface area contributed by atoms with E-state index in [1.165, 1.54) is 12.3 Å². The number of hydrogen-bond acceptors (Lipinski definition) is 4. The third-order valence-electron chi connectivity index (χ3n) is 3.89. The molecule has 0 fully saturated rings. The topological polar surface area (TPSA) is 70.9 Å². The molecule has 0 aromatic heterocycles. The van der Waals surface area contributed by atoms with Gasteiger partial charge >= 0.3 is 0 Å². The summed E-state index contributed by atoms with van der Waals surface area (Å²) in [5.74, 6) is 0.270. The second kappa shape index (κ2) is 9.78. The Balaban J connectivity index is 1.57. The number of amides is 1. The summed E-state index contributed by atoms with van der Waals surface area (Å²) in [6.45, 7) is 0.280. The average molecular weight is 494 g/mol. The number of ether oxygens (including phenoxy) is 1. The van der Waals surface area contributed by atoms with Crippen LogP contribution in [-0.2, 0) is 6.61 Å². The van der Waals surface area contributed by atoms with Gasteiger partial charge in [-0.3, -0.25) is 4.79 Å². The van der Waals surface area contributed by atoms with Crippen molar-refractivity contribution in [2.45, 2.75) is 6.61 Å². The predicted molar refractivity (Wildman–Crippen MR) is 118 cm³/mol. The number of nitrogens with zero attached hydrogens (tertiary/aromatic N) is 1. The minimum atomic E-state index is -0.386. The van der Waals surface area contributed by atoms with E-state index >= 15 is 0 Å². The van der Waals surface area contributed by atoms with Gasteiger partial charge < -0.3 is 9.84 Å². The van der Waals surface area contributed by atoms with Gasteiger partial charge in [0.15, 0.2) is 0 Å². The molecule has 0 unspecified atom stereocenters. The molecule has 0 aliphatic carbocycles. The number of phenolic OH excluding ortho intramolecular Hbond substituents is 1. The quantitative estimate of drug-likeness (QED) is 0.336. The maximum atomic E-state index is 12.2. The van der Waals surface area contributed by atoms with Crippen LogP contribution in [-0.4, -0.2) is 17.2 Å². The Morgan fingerprint density at radius 3 is 2.59 bits per heavy atom. The van der Waals surface area contributed by atoms with E-state index in [-0.39, 0.29) is 18.3 Å². The fourth-order valence-corrected chi connectivity index (χ4v) is 3.20. The van der Waals surface area contributed by atoms with Crippen molar-refractivity contribution >= 4 is 51.3 Å². The highest BCUT2D eigenvalue weighted by Gasteiger charge is 2.06. The number of rotatable bonds is 6. The molecular formula is C21H15BrCl2N2O3. The van der Waals surface area contributed by atoms with E-state index in [1.54, 1.807) is 54.6 Å². The minimum absolute atomic E-state index is 0.0634. The zero-order valence-electron chi connectivity index (χ0n) is 14.9. The van der Waals surface area contributed by atoms with Crippen molar-refractivity contribution in [2.75, 3.05) is 0 Å². The van der Waals surface area contributed by atoms with E-state index < -0.39 is 0 Å². The zero-order valence-corrected chi connectivity index (χ0v) is 18.0. The van der Waals surface area contributed by atoms with Crippen LogP contribution in [0.4, 0.5) is 0 Å². The zero-order chi connectivity index (χ0) is 20.8. The van der Waals surface area contributed by atoms with Crippen LogP contribution in [0.5, 0.6) is 11.5 Å². The molecule has 3 aromatic carbocycles. The molecule has 8 heteroatoms. The first-order chi connectivity index (χ1) is 13.9. The van der Waals surface area contributed by atoms with Gasteiger partial charge in [0.1, 0.15) is 18.1 Å². The normalized spacial score (nSPS) is 10.9. The molecule has 0 radical (unpaired) electrons. The lowest BCUT2D eigenvalue weighted by molar-refractivity contribution is 0.0955. The molecular weight excluding hydrogens is 479 g/mol. The molecule has 2 N–H and O–H groups in total. The molecule has 5 nitrogen and oxygen atoms in total. The van der Waals surface area contributed by atoms with Crippen molar-refractivity contribution in [1.29, 1.82) is 0 Å². The third kappa shape index (κ3) is 5.97. The maximum Gasteiger partial charge on any atom is 0.271 e. The smallest absolute Gasteiger partial charge is 0.271 e.